The fraction of sp³-hybridized carbons (Fsp3) is 0.675. The number of allylic oxidation sites excluding steroid dienone is 2. The second kappa shape index (κ2) is 10.2. The average Bonchev–Trinajstić information content (AvgIpc) is 2.99. The molecule has 3 saturated carbocycles. The van der Waals surface area contributed by atoms with E-state index < -0.39 is 5.41 Å². The van der Waals surface area contributed by atoms with Gasteiger partial charge < -0.3 is 9.72 Å². The summed E-state index contributed by atoms with van der Waals surface area (Å²) in [7, 11) is 0. The predicted molar refractivity (Wildman–Crippen MR) is 179 cm³/mol. The largest absolute Gasteiger partial charge is 0.460 e. The van der Waals surface area contributed by atoms with Crippen molar-refractivity contribution in [2.45, 2.75) is 119 Å². The van der Waals surface area contributed by atoms with Crippen molar-refractivity contribution in [3.05, 3.63) is 75.0 Å². The summed E-state index contributed by atoms with van der Waals surface area (Å²) in [6, 6.07) is 10.1. The molecule has 1 aromatic heterocycles. The monoisotopic (exact) mass is 610 g/mol. The first-order chi connectivity index (χ1) is 21.2. The number of nitrogens with one attached hydrogen (secondary N) is 1. The quantitative estimate of drug-likeness (QED) is 0.279. The Morgan fingerprint density at radius 1 is 0.978 bits per heavy atom. The third-order valence-electron chi connectivity index (χ3n) is 15.0. The standard InChI is InChI=1S/C40H54N2O3/c1-24-16-19-40(35(44)45-23-27-12-10-9-11-13-27)21-20-38(7)29(32(40)25(24)2)14-15-31-37(6)22-28-33(41-26(3)42-34(28)43)36(4,5)30(37)17-18-39(31,38)8/h9-14,24-25,30-32H,15-23H2,1-8H3,(H,41,42,43)/t24-,25+,30+,31-,32+,37+,38-,39-,40+/m1/s1. The molecule has 0 bridgehead atoms. The number of nitrogens with zero attached hydrogens (tertiary/aromatic N) is 1. The summed E-state index contributed by atoms with van der Waals surface area (Å²) in [5.41, 5.74) is 4.06. The molecule has 7 rings (SSSR count). The topological polar surface area (TPSA) is 72.0 Å². The van der Waals surface area contributed by atoms with Crippen LogP contribution < -0.4 is 5.56 Å². The molecular formula is C40H54N2O3. The number of benzene rings is 1. The number of esters is 1. The molecule has 3 fully saturated rings. The van der Waals surface area contributed by atoms with Gasteiger partial charge in [-0.05, 0) is 110 Å². The maximum atomic E-state index is 14.3. The Morgan fingerprint density at radius 2 is 1.71 bits per heavy atom. The Bertz CT molecular complexity index is 1610. The Kier molecular flexibility index (Phi) is 6.98. The number of rotatable bonds is 3. The average molecular weight is 611 g/mol. The molecular weight excluding hydrogens is 556 g/mol. The number of fused-ring (bicyclic) bond motifs is 8. The van der Waals surface area contributed by atoms with Crippen LogP contribution in [0.15, 0.2) is 46.8 Å². The molecule has 0 amide bonds. The fourth-order valence-corrected chi connectivity index (χ4v) is 12.4. The highest BCUT2D eigenvalue weighted by molar-refractivity contribution is 5.79. The molecule has 0 radical (unpaired) electrons. The van der Waals surface area contributed by atoms with Gasteiger partial charge in [0.25, 0.3) is 5.56 Å². The normalized spacial score (nSPS) is 41.3. The van der Waals surface area contributed by atoms with Crippen molar-refractivity contribution in [2.75, 3.05) is 0 Å². The molecule has 45 heavy (non-hydrogen) atoms. The molecule has 1 heterocycles. The number of hydrogen-bond acceptors (Lipinski definition) is 4. The zero-order valence-corrected chi connectivity index (χ0v) is 28.9. The Hall–Kier alpha value is -2.69. The van der Waals surface area contributed by atoms with Crippen molar-refractivity contribution >= 4 is 5.97 Å². The van der Waals surface area contributed by atoms with Gasteiger partial charge in [-0.15, -0.1) is 0 Å². The number of carbonyl (C=O) groups is 1. The molecule has 0 aliphatic heterocycles. The lowest BCUT2D eigenvalue weighted by atomic mass is 9.33. The Balaban J connectivity index is 1.29. The first-order valence-corrected chi connectivity index (χ1v) is 17.7. The number of H-pyrrole nitrogens is 1. The summed E-state index contributed by atoms with van der Waals surface area (Å²) in [5.74, 6) is 2.88. The van der Waals surface area contributed by atoms with Crippen LogP contribution in [0.5, 0.6) is 0 Å². The van der Waals surface area contributed by atoms with E-state index in [2.05, 4.69) is 59.5 Å². The van der Waals surface area contributed by atoms with Crippen LogP contribution in [0.25, 0.3) is 0 Å². The van der Waals surface area contributed by atoms with Gasteiger partial charge >= 0.3 is 5.97 Å². The first kappa shape index (κ1) is 30.9. The van der Waals surface area contributed by atoms with Gasteiger partial charge in [-0.3, -0.25) is 9.59 Å². The third kappa shape index (κ3) is 4.13. The number of aromatic amines is 1. The van der Waals surface area contributed by atoms with Crippen molar-refractivity contribution < 1.29 is 9.53 Å². The molecule has 1 aromatic carbocycles. The number of carbonyl (C=O) groups excluding carboxylic acids is 1. The van der Waals surface area contributed by atoms with E-state index in [1.807, 2.05) is 37.3 Å². The minimum atomic E-state index is -0.445. The summed E-state index contributed by atoms with van der Waals surface area (Å²) in [4.78, 5) is 35.7. The molecule has 0 spiro atoms. The van der Waals surface area contributed by atoms with E-state index in [0.29, 0.717) is 30.3 Å². The van der Waals surface area contributed by atoms with E-state index in [1.54, 1.807) is 5.57 Å². The van der Waals surface area contributed by atoms with Crippen molar-refractivity contribution in [3.8, 4) is 0 Å². The van der Waals surface area contributed by atoms with E-state index in [1.165, 1.54) is 6.42 Å². The molecule has 1 N–H and O–H groups in total. The lowest BCUT2D eigenvalue weighted by molar-refractivity contribution is -0.184. The van der Waals surface area contributed by atoms with Crippen molar-refractivity contribution in [3.63, 3.8) is 0 Å². The minimum absolute atomic E-state index is 0.00542. The van der Waals surface area contributed by atoms with Crippen molar-refractivity contribution in [2.24, 2.45) is 51.2 Å². The van der Waals surface area contributed by atoms with E-state index in [4.69, 9.17) is 9.72 Å². The van der Waals surface area contributed by atoms with Crippen LogP contribution in [0.2, 0.25) is 0 Å². The number of aromatic nitrogens is 2. The summed E-state index contributed by atoms with van der Waals surface area (Å²) in [6.45, 7) is 19.4. The smallest absolute Gasteiger partial charge is 0.313 e. The van der Waals surface area contributed by atoms with Crippen LogP contribution >= 0.6 is 0 Å². The zero-order valence-electron chi connectivity index (χ0n) is 28.9. The predicted octanol–water partition coefficient (Wildman–Crippen LogP) is 8.49. The summed E-state index contributed by atoms with van der Waals surface area (Å²) >= 11 is 0. The van der Waals surface area contributed by atoms with Gasteiger partial charge in [-0.25, -0.2) is 4.98 Å². The SMILES string of the molecule is Cc1nc2c(c(=O)[nH]1)C[C@]1(C)[C@H]3CC=C4[C@@H]5[C@@H](C)[C@H](C)CC[C@]5(C(=O)OCc5ccccc5)CC[C@@]4(C)[C@]3(C)CC[C@H]1C2(C)C. The van der Waals surface area contributed by atoms with Gasteiger partial charge in [0.15, 0.2) is 0 Å². The highest BCUT2D eigenvalue weighted by Crippen LogP contribution is 2.75. The first-order valence-electron chi connectivity index (χ1n) is 17.7. The lowest BCUT2D eigenvalue weighted by Gasteiger charge is -2.70. The maximum absolute atomic E-state index is 14.3. The molecule has 0 unspecified atom stereocenters. The molecule has 0 saturated heterocycles. The minimum Gasteiger partial charge on any atom is -0.460 e. The molecule has 9 atom stereocenters. The molecule has 5 heteroatoms. The highest BCUT2D eigenvalue weighted by atomic mass is 16.5. The molecule has 5 nitrogen and oxygen atoms in total. The lowest BCUT2D eigenvalue weighted by Crippen LogP contribution is -2.65. The van der Waals surface area contributed by atoms with E-state index in [0.717, 1.165) is 67.6 Å². The van der Waals surface area contributed by atoms with E-state index >= 15 is 0 Å². The van der Waals surface area contributed by atoms with Crippen LogP contribution in [-0.2, 0) is 28.0 Å². The molecule has 242 valence electrons. The van der Waals surface area contributed by atoms with Crippen LogP contribution in [0, 0.1) is 58.2 Å². The third-order valence-corrected chi connectivity index (χ3v) is 15.0. The summed E-state index contributed by atoms with van der Waals surface area (Å²) < 4.78 is 6.21. The molecule has 2 aromatic rings. The van der Waals surface area contributed by atoms with Crippen LogP contribution in [0.3, 0.4) is 0 Å². The van der Waals surface area contributed by atoms with Gasteiger partial charge in [-0.2, -0.15) is 0 Å². The summed E-state index contributed by atoms with van der Waals surface area (Å²) in [6.07, 6.45) is 10.7. The number of hydrogen-bond donors (Lipinski definition) is 1. The van der Waals surface area contributed by atoms with E-state index in [9.17, 15) is 9.59 Å². The van der Waals surface area contributed by atoms with E-state index in [-0.39, 0.29) is 39.1 Å². The van der Waals surface area contributed by atoms with Crippen molar-refractivity contribution in [1.29, 1.82) is 0 Å². The highest BCUT2D eigenvalue weighted by Gasteiger charge is 2.69. The second-order valence-corrected chi connectivity index (χ2v) is 17.2. The van der Waals surface area contributed by atoms with Crippen LogP contribution in [0.4, 0.5) is 0 Å². The second-order valence-electron chi connectivity index (χ2n) is 17.2. The fourth-order valence-electron chi connectivity index (χ4n) is 12.4. The number of ether oxygens (including phenoxy) is 1. The van der Waals surface area contributed by atoms with Crippen LogP contribution in [0.1, 0.15) is 116 Å². The van der Waals surface area contributed by atoms with Gasteiger partial charge in [0.1, 0.15) is 12.4 Å². The van der Waals surface area contributed by atoms with Crippen molar-refractivity contribution in [1.82, 2.24) is 9.97 Å². The Morgan fingerprint density at radius 3 is 2.44 bits per heavy atom. The molecule has 5 aliphatic rings. The van der Waals surface area contributed by atoms with Crippen LogP contribution in [-0.4, -0.2) is 15.9 Å². The Labute approximate surface area is 270 Å². The summed E-state index contributed by atoms with van der Waals surface area (Å²) in [5, 5.41) is 0. The number of aryl methyl sites for hydroxylation is 1. The van der Waals surface area contributed by atoms with Gasteiger partial charge in [0.05, 0.1) is 11.1 Å². The van der Waals surface area contributed by atoms with Gasteiger partial charge in [-0.1, -0.05) is 90.4 Å². The maximum Gasteiger partial charge on any atom is 0.313 e. The van der Waals surface area contributed by atoms with Gasteiger partial charge in [0, 0.05) is 11.0 Å². The molecule has 5 aliphatic carbocycles. The van der Waals surface area contributed by atoms with Gasteiger partial charge in [0.2, 0.25) is 0 Å². The zero-order chi connectivity index (χ0) is 32.2.